The van der Waals surface area contributed by atoms with Crippen LogP contribution in [0.2, 0.25) is 0 Å². The zero-order chi connectivity index (χ0) is 6.97. The topological polar surface area (TPSA) is 17.1 Å². The van der Waals surface area contributed by atoms with Gasteiger partial charge in [-0.15, -0.1) is 0 Å². The van der Waals surface area contributed by atoms with Crippen molar-refractivity contribution in [2.45, 2.75) is 38.5 Å². The van der Waals surface area contributed by atoms with E-state index < -0.39 is 0 Å². The standard InChI is InChI=1S/C9H14O/c10-9-6-7-4-2-1-3-5-8(7)9/h7-8H,1-6H2. The zero-order valence-electron chi connectivity index (χ0n) is 6.31. The average Bonchev–Trinajstić information content (AvgIpc) is 2.09. The first-order chi connectivity index (χ1) is 4.88. The molecule has 2 rings (SSSR count). The third kappa shape index (κ3) is 0.882. The summed E-state index contributed by atoms with van der Waals surface area (Å²) in [6.07, 6.45) is 7.46. The van der Waals surface area contributed by atoms with Gasteiger partial charge in [-0.2, -0.15) is 0 Å². The van der Waals surface area contributed by atoms with Gasteiger partial charge in [0.05, 0.1) is 0 Å². The summed E-state index contributed by atoms with van der Waals surface area (Å²) in [5, 5.41) is 0. The molecule has 2 aliphatic rings. The Balaban J connectivity index is 1.99. The van der Waals surface area contributed by atoms with Crippen LogP contribution in [0.1, 0.15) is 38.5 Å². The first-order valence-electron chi connectivity index (χ1n) is 4.40. The van der Waals surface area contributed by atoms with Crippen LogP contribution < -0.4 is 0 Å². The molecule has 0 bridgehead atoms. The van der Waals surface area contributed by atoms with Gasteiger partial charge in [-0.1, -0.05) is 19.3 Å². The molecule has 0 N–H and O–H groups in total. The lowest BCUT2D eigenvalue weighted by Gasteiger charge is -2.33. The number of carbonyl (C=O) groups is 1. The minimum absolute atomic E-state index is 0.502. The second-order valence-corrected chi connectivity index (χ2v) is 3.68. The molecule has 0 heterocycles. The fourth-order valence-corrected chi connectivity index (χ4v) is 2.30. The summed E-state index contributed by atoms with van der Waals surface area (Å²) in [6.45, 7) is 0. The number of rotatable bonds is 0. The van der Waals surface area contributed by atoms with Crippen molar-refractivity contribution in [3.8, 4) is 0 Å². The first-order valence-corrected chi connectivity index (χ1v) is 4.40. The number of carbonyl (C=O) groups excluding carboxylic acids is 1. The second kappa shape index (κ2) is 2.37. The van der Waals surface area contributed by atoms with Gasteiger partial charge in [-0.25, -0.2) is 0 Å². The summed E-state index contributed by atoms with van der Waals surface area (Å²) in [4.78, 5) is 11.0. The van der Waals surface area contributed by atoms with Crippen molar-refractivity contribution in [1.29, 1.82) is 0 Å². The molecule has 2 unspecified atom stereocenters. The van der Waals surface area contributed by atoms with Gasteiger partial charge in [0.25, 0.3) is 0 Å². The highest BCUT2D eigenvalue weighted by atomic mass is 16.1. The van der Waals surface area contributed by atoms with Gasteiger partial charge in [0.2, 0.25) is 0 Å². The molecule has 2 saturated carbocycles. The monoisotopic (exact) mass is 138 g/mol. The summed E-state index contributed by atoms with van der Waals surface area (Å²) in [7, 11) is 0. The van der Waals surface area contributed by atoms with E-state index in [9.17, 15) is 4.79 Å². The Bertz CT molecular complexity index is 151. The molecular formula is C9H14O. The van der Waals surface area contributed by atoms with Crippen LogP contribution in [-0.2, 0) is 4.79 Å². The lowest BCUT2D eigenvalue weighted by atomic mass is 9.70. The molecule has 10 heavy (non-hydrogen) atoms. The van der Waals surface area contributed by atoms with Crippen molar-refractivity contribution in [1.82, 2.24) is 0 Å². The molecule has 1 heteroatoms. The SMILES string of the molecule is O=C1CC2CCCCCC12. The smallest absolute Gasteiger partial charge is 0.136 e. The van der Waals surface area contributed by atoms with Crippen LogP contribution in [0.25, 0.3) is 0 Å². The van der Waals surface area contributed by atoms with Gasteiger partial charge in [0.1, 0.15) is 5.78 Å². The molecule has 2 aliphatic carbocycles. The van der Waals surface area contributed by atoms with E-state index >= 15 is 0 Å². The molecule has 2 fully saturated rings. The normalized spacial score (nSPS) is 39.8. The van der Waals surface area contributed by atoms with E-state index in [2.05, 4.69) is 0 Å². The van der Waals surface area contributed by atoms with Crippen molar-refractivity contribution in [2.75, 3.05) is 0 Å². The highest BCUT2D eigenvalue weighted by Gasteiger charge is 2.39. The predicted molar refractivity (Wildman–Crippen MR) is 39.7 cm³/mol. The van der Waals surface area contributed by atoms with Crippen molar-refractivity contribution in [3.05, 3.63) is 0 Å². The van der Waals surface area contributed by atoms with Crippen LogP contribution in [0.5, 0.6) is 0 Å². The van der Waals surface area contributed by atoms with E-state index in [1.807, 2.05) is 0 Å². The maximum absolute atomic E-state index is 11.0. The first kappa shape index (κ1) is 6.38. The molecule has 0 aromatic carbocycles. The summed E-state index contributed by atoms with van der Waals surface area (Å²) in [5.74, 6) is 1.85. The van der Waals surface area contributed by atoms with Crippen LogP contribution >= 0.6 is 0 Å². The number of hydrogen-bond donors (Lipinski definition) is 0. The molecule has 2 atom stereocenters. The van der Waals surface area contributed by atoms with Gasteiger partial charge >= 0.3 is 0 Å². The van der Waals surface area contributed by atoms with E-state index in [1.54, 1.807) is 0 Å². The zero-order valence-corrected chi connectivity index (χ0v) is 6.31. The molecule has 0 aliphatic heterocycles. The lowest BCUT2D eigenvalue weighted by Crippen LogP contribution is -2.35. The molecule has 0 aromatic heterocycles. The fraction of sp³-hybridized carbons (Fsp3) is 0.889. The van der Waals surface area contributed by atoms with Crippen molar-refractivity contribution in [3.63, 3.8) is 0 Å². The largest absolute Gasteiger partial charge is 0.299 e. The minimum atomic E-state index is 0.502. The van der Waals surface area contributed by atoms with Gasteiger partial charge in [0.15, 0.2) is 0 Å². The second-order valence-electron chi connectivity index (χ2n) is 3.68. The van der Waals surface area contributed by atoms with E-state index in [0.29, 0.717) is 11.7 Å². The quantitative estimate of drug-likeness (QED) is 0.501. The van der Waals surface area contributed by atoms with Crippen LogP contribution in [-0.4, -0.2) is 5.78 Å². The van der Waals surface area contributed by atoms with Gasteiger partial charge in [0, 0.05) is 12.3 Å². The number of hydrogen-bond acceptors (Lipinski definition) is 1. The Kier molecular flexibility index (Phi) is 1.51. The predicted octanol–water partition coefficient (Wildman–Crippen LogP) is 2.16. The van der Waals surface area contributed by atoms with Crippen LogP contribution in [0.4, 0.5) is 0 Å². The number of ketones is 1. The Morgan fingerprint density at radius 1 is 1.10 bits per heavy atom. The van der Waals surface area contributed by atoms with Gasteiger partial charge in [-0.3, -0.25) is 4.79 Å². The molecular weight excluding hydrogens is 124 g/mol. The highest BCUT2D eigenvalue weighted by molar-refractivity contribution is 5.87. The fourth-order valence-electron chi connectivity index (χ4n) is 2.30. The molecule has 0 radical (unpaired) electrons. The number of Topliss-reactive ketones (excluding diaryl/α,β-unsaturated/α-hetero) is 1. The van der Waals surface area contributed by atoms with Crippen molar-refractivity contribution >= 4 is 5.78 Å². The number of fused-ring (bicyclic) bond motifs is 1. The van der Waals surface area contributed by atoms with Crippen LogP contribution in [0.15, 0.2) is 0 Å². The van der Waals surface area contributed by atoms with Crippen molar-refractivity contribution < 1.29 is 4.79 Å². The maximum atomic E-state index is 11.0. The van der Waals surface area contributed by atoms with Gasteiger partial charge < -0.3 is 0 Å². The molecule has 0 amide bonds. The summed E-state index contributed by atoms with van der Waals surface area (Å²) >= 11 is 0. The molecule has 1 nitrogen and oxygen atoms in total. The van der Waals surface area contributed by atoms with Crippen molar-refractivity contribution in [2.24, 2.45) is 11.8 Å². The minimum Gasteiger partial charge on any atom is -0.299 e. The van der Waals surface area contributed by atoms with E-state index in [-0.39, 0.29) is 0 Å². The molecule has 0 spiro atoms. The Morgan fingerprint density at radius 2 is 1.90 bits per heavy atom. The Labute approximate surface area is 61.8 Å². The Hall–Kier alpha value is -0.330. The molecule has 0 aromatic rings. The summed E-state index contributed by atoms with van der Waals surface area (Å²) < 4.78 is 0. The van der Waals surface area contributed by atoms with Crippen LogP contribution in [0.3, 0.4) is 0 Å². The van der Waals surface area contributed by atoms with E-state index in [4.69, 9.17) is 0 Å². The average molecular weight is 138 g/mol. The van der Waals surface area contributed by atoms with E-state index in [1.165, 1.54) is 32.1 Å². The Morgan fingerprint density at radius 3 is 2.70 bits per heavy atom. The maximum Gasteiger partial charge on any atom is 0.136 e. The molecule has 56 valence electrons. The lowest BCUT2D eigenvalue weighted by molar-refractivity contribution is -0.134. The summed E-state index contributed by atoms with van der Waals surface area (Å²) in [5.41, 5.74) is 0. The van der Waals surface area contributed by atoms with E-state index in [0.717, 1.165) is 12.3 Å². The van der Waals surface area contributed by atoms with Gasteiger partial charge in [-0.05, 0) is 18.8 Å². The molecule has 0 saturated heterocycles. The third-order valence-corrected chi connectivity index (χ3v) is 3.04. The third-order valence-electron chi connectivity index (χ3n) is 3.04. The highest BCUT2D eigenvalue weighted by Crippen LogP contribution is 2.40. The summed E-state index contributed by atoms with van der Waals surface area (Å²) in [6, 6.07) is 0. The van der Waals surface area contributed by atoms with Crippen LogP contribution in [0, 0.1) is 11.8 Å².